The van der Waals surface area contributed by atoms with Gasteiger partial charge in [-0.15, -0.1) is 0 Å². The van der Waals surface area contributed by atoms with Crippen LogP contribution in [0.25, 0.3) is 0 Å². The first-order valence-electron chi connectivity index (χ1n) is 4.63. The molecule has 1 unspecified atom stereocenters. The van der Waals surface area contributed by atoms with Crippen LogP contribution in [0.1, 0.15) is 24.9 Å². The lowest BCUT2D eigenvalue weighted by atomic mass is 10.1. The Hall–Kier alpha value is -0.870. The van der Waals surface area contributed by atoms with Gasteiger partial charge in [0.2, 0.25) is 0 Å². The highest BCUT2D eigenvalue weighted by Gasteiger charge is 2.20. The standard InChI is InChI=1S/C10H15NO2S/c1-3-5-11-9(10(12)13-2)8-4-6-14-7-8/h4,6-7,9,11H,3,5H2,1-2H3. The fourth-order valence-corrected chi connectivity index (χ4v) is 1.87. The third-order valence-corrected chi connectivity index (χ3v) is 2.61. The SMILES string of the molecule is CCCNC(C(=O)OC)c1ccsc1. The lowest BCUT2D eigenvalue weighted by Gasteiger charge is -2.14. The number of nitrogens with one attached hydrogen (secondary N) is 1. The van der Waals surface area contributed by atoms with Crippen molar-refractivity contribution in [3.05, 3.63) is 22.4 Å². The smallest absolute Gasteiger partial charge is 0.327 e. The van der Waals surface area contributed by atoms with E-state index in [1.165, 1.54) is 7.11 Å². The predicted molar refractivity (Wildman–Crippen MR) is 57.4 cm³/mol. The molecule has 0 saturated heterocycles. The molecule has 0 bridgehead atoms. The molecule has 0 aromatic carbocycles. The van der Waals surface area contributed by atoms with Gasteiger partial charge < -0.3 is 10.1 Å². The highest BCUT2D eigenvalue weighted by molar-refractivity contribution is 7.08. The molecule has 0 radical (unpaired) electrons. The molecule has 0 aliphatic rings. The summed E-state index contributed by atoms with van der Waals surface area (Å²) in [5, 5.41) is 7.07. The summed E-state index contributed by atoms with van der Waals surface area (Å²) in [6.07, 6.45) is 0.998. The van der Waals surface area contributed by atoms with Gasteiger partial charge in [-0.1, -0.05) is 6.92 Å². The van der Waals surface area contributed by atoms with E-state index >= 15 is 0 Å². The van der Waals surface area contributed by atoms with E-state index < -0.39 is 0 Å². The number of methoxy groups -OCH3 is 1. The monoisotopic (exact) mass is 213 g/mol. The van der Waals surface area contributed by atoms with Crippen LogP contribution in [0.3, 0.4) is 0 Å². The van der Waals surface area contributed by atoms with Crippen molar-refractivity contribution < 1.29 is 9.53 Å². The zero-order valence-electron chi connectivity index (χ0n) is 8.45. The van der Waals surface area contributed by atoms with E-state index in [0.29, 0.717) is 0 Å². The summed E-state index contributed by atoms with van der Waals surface area (Å²) in [7, 11) is 1.41. The molecule has 1 heterocycles. The maximum atomic E-state index is 11.4. The van der Waals surface area contributed by atoms with Crippen LogP contribution < -0.4 is 5.32 Å². The number of thiophene rings is 1. The molecule has 1 N–H and O–H groups in total. The third kappa shape index (κ3) is 2.82. The van der Waals surface area contributed by atoms with Crippen LogP contribution in [-0.4, -0.2) is 19.6 Å². The molecule has 1 atom stereocenters. The summed E-state index contributed by atoms with van der Waals surface area (Å²) >= 11 is 1.58. The van der Waals surface area contributed by atoms with Gasteiger partial charge in [0.25, 0.3) is 0 Å². The topological polar surface area (TPSA) is 38.3 Å². The molecule has 1 rings (SSSR count). The molecule has 1 aromatic heterocycles. The van der Waals surface area contributed by atoms with Gasteiger partial charge in [0.15, 0.2) is 0 Å². The molecule has 0 aliphatic heterocycles. The molecule has 0 saturated carbocycles. The molecule has 0 spiro atoms. The van der Waals surface area contributed by atoms with Gasteiger partial charge >= 0.3 is 5.97 Å². The van der Waals surface area contributed by atoms with Crippen LogP contribution in [-0.2, 0) is 9.53 Å². The van der Waals surface area contributed by atoms with Gasteiger partial charge in [0.1, 0.15) is 6.04 Å². The van der Waals surface area contributed by atoms with Gasteiger partial charge in [-0.2, -0.15) is 11.3 Å². The Bertz CT molecular complexity index is 272. The third-order valence-electron chi connectivity index (χ3n) is 1.91. The van der Waals surface area contributed by atoms with E-state index in [2.05, 4.69) is 12.2 Å². The number of hydrogen-bond acceptors (Lipinski definition) is 4. The Morgan fingerprint density at radius 2 is 2.50 bits per heavy atom. The summed E-state index contributed by atoms with van der Waals surface area (Å²) in [6, 6.07) is 1.63. The normalized spacial score (nSPS) is 12.4. The number of hydrogen-bond donors (Lipinski definition) is 1. The zero-order chi connectivity index (χ0) is 10.4. The van der Waals surface area contributed by atoms with Crippen LogP contribution in [0, 0.1) is 0 Å². The fourth-order valence-electron chi connectivity index (χ4n) is 1.18. The lowest BCUT2D eigenvalue weighted by Crippen LogP contribution is -2.29. The largest absolute Gasteiger partial charge is 0.468 e. The molecular weight excluding hydrogens is 198 g/mol. The van der Waals surface area contributed by atoms with Crippen molar-refractivity contribution in [2.45, 2.75) is 19.4 Å². The van der Waals surface area contributed by atoms with Gasteiger partial charge in [-0.3, -0.25) is 0 Å². The Morgan fingerprint density at radius 1 is 1.71 bits per heavy atom. The molecule has 1 aromatic rings. The average molecular weight is 213 g/mol. The van der Waals surface area contributed by atoms with Crippen molar-refractivity contribution in [1.29, 1.82) is 0 Å². The van der Waals surface area contributed by atoms with Crippen LogP contribution in [0.2, 0.25) is 0 Å². The van der Waals surface area contributed by atoms with Crippen molar-refractivity contribution in [3.8, 4) is 0 Å². The minimum absolute atomic E-state index is 0.225. The summed E-state index contributed by atoms with van der Waals surface area (Å²) in [5.41, 5.74) is 0.982. The second-order valence-corrected chi connectivity index (χ2v) is 3.75. The van der Waals surface area contributed by atoms with Crippen molar-refractivity contribution in [2.24, 2.45) is 0 Å². The van der Waals surface area contributed by atoms with Gasteiger partial charge in [0.05, 0.1) is 7.11 Å². The summed E-state index contributed by atoms with van der Waals surface area (Å²) in [4.78, 5) is 11.4. The Balaban J connectivity index is 2.67. The van der Waals surface area contributed by atoms with E-state index in [0.717, 1.165) is 18.5 Å². The quantitative estimate of drug-likeness (QED) is 0.760. The van der Waals surface area contributed by atoms with E-state index in [-0.39, 0.29) is 12.0 Å². The summed E-state index contributed by atoms with van der Waals surface area (Å²) in [5.74, 6) is -0.225. The summed E-state index contributed by atoms with van der Waals surface area (Å²) in [6.45, 7) is 2.88. The van der Waals surface area contributed by atoms with Crippen LogP contribution in [0.5, 0.6) is 0 Å². The van der Waals surface area contributed by atoms with Gasteiger partial charge in [0, 0.05) is 0 Å². The first kappa shape index (κ1) is 11.2. The average Bonchev–Trinajstić information content (AvgIpc) is 2.71. The van der Waals surface area contributed by atoms with Gasteiger partial charge in [-0.05, 0) is 35.4 Å². The van der Waals surface area contributed by atoms with E-state index in [1.807, 2.05) is 16.8 Å². The van der Waals surface area contributed by atoms with Crippen LogP contribution >= 0.6 is 11.3 Å². The summed E-state index contributed by atoms with van der Waals surface area (Å²) < 4.78 is 4.74. The molecule has 0 amide bonds. The van der Waals surface area contributed by atoms with Crippen LogP contribution in [0.15, 0.2) is 16.8 Å². The second kappa shape index (κ2) is 5.78. The zero-order valence-corrected chi connectivity index (χ0v) is 9.26. The predicted octanol–water partition coefficient (Wildman–Crippen LogP) is 1.96. The maximum Gasteiger partial charge on any atom is 0.327 e. The number of carbonyl (C=O) groups excluding carboxylic acids is 1. The lowest BCUT2D eigenvalue weighted by molar-refractivity contribution is -0.143. The number of rotatable bonds is 5. The Morgan fingerprint density at radius 3 is 3.00 bits per heavy atom. The number of ether oxygens (including phenoxy) is 1. The van der Waals surface area contributed by atoms with Gasteiger partial charge in [-0.25, -0.2) is 4.79 Å². The van der Waals surface area contributed by atoms with Crippen molar-refractivity contribution in [3.63, 3.8) is 0 Å². The maximum absolute atomic E-state index is 11.4. The van der Waals surface area contributed by atoms with E-state index in [1.54, 1.807) is 11.3 Å². The van der Waals surface area contributed by atoms with E-state index in [9.17, 15) is 4.79 Å². The molecule has 14 heavy (non-hydrogen) atoms. The van der Waals surface area contributed by atoms with E-state index in [4.69, 9.17) is 4.74 Å². The first-order valence-corrected chi connectivity index (χ1v) is 5.57. The highest BCUT2D eigenvalue weighted by Crippen LogP contribution is 2.17. The number of esters is 1. The van der Waals surface area contributed by atoms with Crippen molar-refractivity contribution in [1.82, 2.24) is 5.32 Å². The first-order chi connectivity index (χ1) is 6.79. The Labute approximate surface area is 88.1 Å². The van der Waals surface area contributed by atoms with Crippen molar-refractivity contribution >= 4 is 17.3 Å². The van der Waals surface area contributed by atoms with Crippen LogP contribution in [0.4, 0.5) is 0 Å². The molecule has 0 fully saturated rings. The Kier molecular flexibility index (Phi) is 4.62. The highest BCUT2D eigenvalue weighted by atomic mass is 32.1. The fraction of sp³-hybridized carbons (Fsp3) is 0.500. The van der Waals surface area contributed by atoms with Crippen molar-refractivity contribution in [2.75, 3.05) is 13.7 Å². The molecule has 3 nitrogen and oxygen atoms in total. The second-order valence-electron chi connectivity index (χ2n) is 2.97. The molecule has 4 heteroatoms. The molecule has 0 aliphatic carbocycles. The minimum Gasteiger partial charge on any atom is -0.468 e. The molecule has 78 valence electrons. The minimum atomic E-state index is -0.314. The molecular formula is C10H15NO2S. The number of carbonyl (C=O) groups is 1.